The van der Waals surface area contributed by atoms with Gasteiger partial charge in [-0.3, -0.25) is 0 Å². The highest BCUT2D eigenvalue weighted by atomic mass is 14.4. The largest absolute Gasteiger partial charge is 0.103 e. The Balaban J connectivity index is 1.15. The smallest absolute Gasteiger partial charge is 0.0162 e. The van der Waals surface area contributed by atoms with Crippen LogP contribution < -0.4 is 0 Å². The molecule has 0 nitrogen and oxygen atoms in total. The number of unbranched alkanes of at least 4 members (excludes halogenated alkanes) is 1. The normalized spacial score (nSPS) is 28.4. The lowest BCUT2D eigenvalue weighted by atomic mass is 9.69. The van der Waals surface area contributed by atoms with E-state index in [-0.39, 0.29) is 0 Å². The third-order valence-corrected chi connectivity index (χ3v) is 10.3. The Morgan fingerprint density at radius 2 is 1.42 bits per heavy atom. The molecule has 2 fully saturated rings. The first kappa shape index (κ1) is 25.8. The molecular formula is C36H50. The molecule has 0 saturated heterocycles. The van der Waals surface area contributed by atoms with Crippen molar-refractivity contribution in [2.75, 3.05) is 0 Å². The van der Waals surface area contributed by atoms with Crippen LogP contribution in [0.4, 0.5) is 0 Å². The van der Waals surface area contributed by atoms with Crippen molar-refractivity contribution < 1.29 is 0 Å². The summed E-state index contributed by atoms with van der Waals surface area (Å²) in [5, 5.41) is 0. The molecule has 0 N–H and O–H groups in total. The first-order chi connectivity index (χ1) is 17.7. The molecule has 0 heterocycles. The molecule has 5 rings (SSSR count). The minimum absolute atomic E-state index is 0.765. The number of hydrogen-bond donors (Lipinski definition) is 0. The first-order valence-electron chi connectivity index (χ1n) is 15.6. The van der Waals surface area contributed by atoms with E-state index < -0.39 is 0 Å². The molecule has 0 bridgehead atoms. The summed E-state index contributed by atoms with van der Waals surface area (Å²) in [6.45, 7) is 6.23. The highest BCUT2D eigenvalue weighted by molar-refractivity contribution is 5.65. The molecular weight excluding hydrogens is 432 g/mol. The van der Waals surface area contributed by atoms with Gasteiger partial charge >= 0.3 is 0 Å². The third-order valence-electron chi connectivity index (χ3n) is 10.3. The summed E-state index contributed by atoms with van der Waals surface area (Å²) in [6, 6.07) is 17.0. The van der Waals surface area contributed by atoms with E-state index in [1.54, 1.807) is 16.7 Å². The van der Waals surface area contributed by atoms with E-state index in [0.717, 1.165) is 29.6 Å². The van der Waals surface area contributed by atoms with Crippen LogP contribution in [0.2, 0.25) is 0 Å². The lowest BCUT2D eigenvalue weighted by molar-refractivity contribution is 0.183. The van der Waals surface area contributed by atoms with Gasteiger partial charge in [0.15, 0.2) is 0 Å². The van der Waals surface area contributed by atoms with E-state index >= 15 is 0 Å². The SMILES string of the molecule is C=CCCC1CCC(c2ccc(-c3ccc4c(c3)CCC(C3CCC(CCCC)CC3)C4)cc2)CC1. The van der Waals surface area contributed by atoms with Crippen molar-refractivity contribution in [2.24, 2.45) is 23.7 Å². The molecule has 3 aliphatic carbocycles. The number of aryl methyl sites for hydroxylation is 1. The lowest BCUT2D eigenvalue weighted by Gasteiger charge is -2.36. The Morgan fingerprint density at radius 1 is 0.722 bits per heavy atom. The van der Waals surface area contributed by atoms with Crippen molar-refractivity contribution in [3.8, 4) is 11.1 Å². The zero-order valence-electron chi connectivity index (χ0n) is 23.0. The molecule has 0 heteroatoms. The fraction of sp³-hybridized carbons (Fsp3) is 0.611. The maximum atomic E-state index is 3.90. The van der Waals surface area contributed by atoms with Crippen molar-refractivity contribution >= 4 is 0 Å². The Labute approximate surface area is 222 Å². The van der Waals surface area contributed by atoms with Crippen LogP contribution in [0.3, 0.4) is 0 Å². The monoisotopic (exact) mass is 482 g/mol. The summed E-state index contributed by atoms with van der Waals surface area (Å²) in [5.41, 5.74) is 7.65. The molecule has 2 saturated carbocycles. The van der Waals surface area contributed by atoms with Gasteiger partial charge in [-0.15, -0.1) is 6.58 Å². The minimum Gasteiger partial charge on any atom is -0.103 e. The Hall–Kier alpha value is -1.82. The van der Waals surface area contributed by atoms with Crippen molar-refractivity contribution in [2.45, 2.75) is 116 Å². The predicted molar refractivity (Wildman–Crippen MR) is 156 cm³/mol. The van der Waals surface area contributed by atoms with Gasteiger partial charge in [0.25, 0.3) is 0 Å². The van der Waals surface area contributed by atoms with Gasteiger partial charge in [-0.2, -0.15) is 0 Å². The summed E-state index contributed by atoms with van der Waals surface area (Å²) < 4.78 is 0. The predicted octanol–water partition coefficient (Wildman–Crippen LogP) is 10.7. The van der Waals surface area contributed by atoms with Crippen molar-refractivity contribution in [3.63, 3.8) is 0 Å². The zero-order chi connectivity index (χ0) is 24.7. The average Bonchev–Trinajstić information content (AvgIpc) is 2.95. The van der Waals surface area contributed by atoms with E-state index in [1.807, 2.05) is 0 Å². The van der Waals surface area contributed by atoms with Crippen LogP contribution in [0.15, 0.2) is 55.1 Å². The Morgan fingerprint density at radius 3 is 2.14 bits per heavy atom. The summed E-state index contributed by atoms with van der Waals surface area (Å²) in [4.78, 5) is 0. The van der Waals surface area contributed by atoms with Crippen LogP contribution in [0.1, 0.15) is 119 Å². The van der Waals surface area contributed by atoms with Crippen LogP contribution in [-0.2, 0) is 12.8 Å². The van der Waals surface area contributed by atoms with Gasteiger partial charge in [0.1, 0.15) is 0 Å². The molecule has 0 spiro atoms. The molecule has 2 aromatic rings. The van der Waals surface area contributed by atoms with E-state index in [0.29, 0.717) is 0 Å². The van der Waals surface area contributed by atoms with Crippen LogP contribution >= 0.6 is 0 Å². The second-order valence-corrected chi connectivity index (χ2v) is 12.6. The summed E-state index contributed by atoms with van der Waals surface area (Å²) in [6.07, 6.45) is 24.4. The Bertz CT molecular complexity index is 950. The standard InChI is InChI=1S/C36H50/c1-3-5-7-27-9-13-29(14-10-27)30-17-19-32(20-18-30)34-22-24-35-25-33(21-23-36(35)26-34)31-15-11-28(12-16-31)8-6-4-2/h3,17-20,22,24,26-29,31,33H,1,4-16,21,23,25H2,2H3. The molecule has 36 heavy (non-hydrogen) atoms. The molecule has 0 aromatic heterocycles. The quantitative estimate of drug-likeness (QED) is 0.312. The van der Waals surface area contributed by atoms with Crippen LogP contribution in [0.5, 0.6) is 0 Å². The van der Waals surface area contributed by atoms with Gasteiger partial charge in [-0.05, 0) is 128 Å². The highest BCUT2D eigenvalue weighted by Crippen LogP contribution is 2.42. The average molecular weight is 483 g/mol. The van der Waals surface area contributed by atoms with Crippen molar-refractivity contribution in [1.29, 1.82) is 0 Å². The highest BCUT2D eigenvalue weighted by Gasteiger charge is 2.30. The van der Waals surface area contributed by atoms with Crippen LogP contribution in [0, 0.1) is 23.7 Å². The second kappa shape index (κ2) is 12.6. The number of fused-ring (bicyclic) bond motifs is 1. The van der Waals surface area contributed by atoms with Crippen molar-refractivity contribution in [1.82, 2.24) is 0 Å². The molecule has 0 aliphatic heterocycles. The van der Waals surface area contributed by atoms with E-state index in [9.17, 15) is 0 Å². The minimum atomic E-state index is 0.765. The van der Waals surface area contributed by atoms with Gasteiger partial charge in [0, 0.05) is 0 Å². The van der Waals surface area contributed by atoms with Crippen molar-refractivity contribution in [3.05, 3.63) is 71.8 Å². The molecule has 3 aliphatic rings. The molecule has 0 amide bonds. The maximum absolute atomic E-state index is 3.90. The second-order valence-electron chi connectivity index (χ2n) is 12.6. The molecule has 1 atom stereocenters. The van der Waals surface area contributed by atoms with Gasteiger partial charge in [0.2, 0.25) is 0 Å². The van der Waals surface area contributed by atoms with Crippen LogP contribution in [0.25, 0.3) is 11.1 Å². The molecule has 2 aromatic carbocycles. The Kier molecular flexibility index (Phi) is 9.05. The molecule has 1 unspecified atom stereocenters. The maximum Gasteiger partial charge on any atom is -0.0162 e. The van der Waals surface area contributed by atoms with E-state index in [2.05, 4.69) is 62.0 Å². The van der Waals surface area contributed by atoms with Gasteiger partial charge in [0.05, 0.1) is 0 Å². The fourth-order valence-electron chi connectivity index (χ4n) is 7.89. The number of allylic oxidation sites excluding steroid dienone is 1. The fourth-order valence-corrected chi connectivity index (χ4v) is 7.89. The van der Waals surface area contributed by atoms with Gasteiger partial charge < -0.3 is 0 Å². The molecule has 0 radical (unpaired) electrons. The number of hydrogen-bond acceptors (Lipinski definition) is 0. The van der Waals surface area contributed by atoms with E-state index in [1.165, 1.54) is 114 Å². The first-order valence-corrected chi connectivity index (χ1v) is 15.6. The summed E-state index contributed by atoms with van der Waals surface area (Å²) >= 11 is 0. The summed E-state index contributed by atoms with van der Waals surface area (Å²) in [5.74, 6) is 4.64. The van der Waals surface area contributed by atoms with Gasteiger partial charge in [-0.25, -0.2) is 0 Å². The summed E-state index contributed by atoms with van der Waals surface area (Å²) in [7, 11) is 0. The van der Waals surface area contributed by atoms with E-state index in [4.69, 9.17) is 0 Å². The number of benzene rings is 2. The lowest BCUT2D eigenvalue weighted by Crippen LogP contribution is -2.26. The topological polar surface area (TPSA) is 0 Å². The molecule has 194 valence electrons. The number of rotatable bonds is 9. The zero-order valence-corrected chi connectivity index (χ0v) is 23.0. The van der Waals surface area contributed by atoms with Crippen LogP contribution in [-0.4, -0.2) is 0 Å². The third kappa shape index (κ3) is 6.35. The van der Waals surface area contributed by atoms with Gasteiger partial charge in [-0.1, -0.05) is 87.6 Å².